The molecule has 0 saturated heterocycles. The van der Waals surface area contributed by atoms with Gasteiger partial charge in [-0.1, -0.05) is 78.0 Å². The molecule has 180 valence electrons. The smallest absolute Gasteiger partial charge is 0.339 e. The lowest BCUT2D eigenvalue weighted by molar-refractivity contribution is 0.486. The molecule has 1 aromatic heterocycles. The van der Waals surface area contributed by atoms with Gasteiger partial charge in [-0.3, -0.25) is 9.36 Å². The Bertz CT molecular complexity index is 1680. The maximum Gasteiger partial charge on any atom is 0.339 e. The van der Waals surface area contributed by atoms with E-state index in [2.05, 4.69) is 0 Å². The predicted octanol–water partition coefficient (Wildman–Crippen LogP) is 5.75. The van der Waals surface area contributed by atoms with Gasteiger partial charge in [0.1, 0.15) is 10.6 Å². The van der Waals surface area contributed by atoms with Gasteiger partial charge in [0.2, 0.25) is 0 Å². The van der Waals surface area contributed by atoms with Gasteiger partial charge < -0.3 is 4.18 Å². The highest BCUT2D eigenvalue weighted by Crippen LogP contribution is 2.27. The number of para-hydroxylation sites is 1. The fourth-order valence-electron chi connectivity index (χ4n) is 3.70. The Hall–Kier alpha value is -3.88. The molecule has 0 saturated carbocycles. The summed E-state index contributed by atoms with van der Waals surface area (Å²) >= 11 is 1.46. The number of aromatic nitrogens is 2. The van der Waals surface area contributed by atoms with Crippen molar-refractivity contribution in [3.05, 3.63) is 125 Å². The molecule has 0 N–H and O–H groups in total. The molecule has 0 amide bonds. The highest BCUT2D eigenvalue weighted by atomic mass is 32.2. The Morgan fingerprint density at radius 3 is 2.22 bits per heavy atom. The number of nitrogens with zero attached hydrogens (tertiary/aromatic N) is 2. The van der Waals surface area contributed by atoms with E-state index >= 15 is 0 Å². The molecule has 0 spiro atoms. The van der Waals surface area contributed by atoms with Crippen molar-refractivity contribution in [1.82, 2.24) is 9.55 Å². The van der Waals surface area contributed by atoms with Crippen molar-refractivity contribution in [2.45, 2.75) is 22.7 Å². The number of hydrogen-bond donors (Lipinski definition) is 0. The van der Waals surface area contributed by atoms with E-state index in [-0.39, 0.29) is 21.6 Å². The van der Waals surface area contributed by atoms with Gasteiger partial charge in [0.15, 0.2) is 5.16 Å². The number of rotatable bonds is 7. The number of thioether (sulfide) groups is 1. The quantitative estimate of drug-likeness (QED) is 0.156. The fraction of sp³-hybridized carbons (Fsp3) is 0.0714. The first-order valence-corrected chi connectivity index (χ1v) is 13.6. The molecule has 6 nitrogen and oxygen atoms in total. The van der Waals surface area contributed by atoms with Crippen LogP contribution in [0.5, 0.6) is 5.75 Å². The zero-order valence-corrected chi connectivity index (χ0v) is 21.0. The van der Waals surface area contributed by atoms with Crippen LogP contribution in [0.3, 0.4) is 0 Å². The summed E-state index contributed by atoms with van der Waals surface area (Å²) in [6, 6.07) is 30.2. The third-order valence-corrected chi connectivity index (χ3v) is 7.82. The second-order valence-corrected chi connectivity index (χ2v) is 10.7. The van der Waals surface area contributed by atoms with Gasteiger partial charge in [-0.15, -0.1) is 0 Å². The number of hydrogen-bond acceptors (Lipinski definition) is 6. The molecule has 1 heterocycles. The van der Waals surface area contributed by atoms with Gasteiger partial charge in [0.05, 0.1) is 16.6 Å². The molecule has 36 heavy (non-hydrogen) atoms. The van der Waals surface area contributed by atoms with Crippen LogP contribution in [-0.2, 0) is 15.9 Å². The van der Waals surface area contributed by atoms with Gasteiger partial charge in [0.25, 0.3) is 5.56 Å². The minimum absolute atomic E-state index is 0.0423. The van der Waals surface area contributed by atoms with Crippen molar-refractivity contribution in [3.63, 3.8) is 0 Å². The van der Waals surface area contributed by atoms with E-state index < -0.39 is 10.1 Å². The summed E-state index contributed by atoms with van der Waals surface area (Å²) in [5.74, 6) is 0.688. The molecule has 4 aromatic carbocycles. The van der Waals surface area contributed by atoms with E-state index in [1.54, 1.807) is 22.8 Å². The molecule has 0 bridgehead atoms. The van der Waals surface area contributed by atoms with Crippen molar-refractivity contribution in [2.75, 3.05) is 0 Å². The number of aryl methyl sites for hydroxylation is 1. The topological polar surface area (TPSA) is 78.3 Å². The van der Waals surface area contributed by atoms with E-state index in [0.29, 0.717) is 22.1 Å². The van der Waals surface area contributed by atoms with E-state index in [1.807, 2.05) is 67.6 Å². The van der Waals surface area contributed by atoms with Gasteiger partial charge >= 0.3 is 10.1 Å². The lowest BCUT2D eigenvalue weighted by atomic mass is 10.2. The Kier molecular flexibility index (Phi) is 6.63. The van der Waals surface area contributed by atoms with Crippen LogP contribution in [0.25, 0.3) is 16.6 Å². The second kappa shape index (κ2) is 10.0. The van der Waals surface area contributed by atoms with Crippen LogP contribution in [-0.4, -0.2) is 18.0 Å². The Labute approximate surface area is 213 Å². The molecule has 0 atom stereocenters. The summed E-state index contributed by atoms with van der Waals surface area (Å²) in [5, 5.41) is 0.808. The highest BCUT2D eigenvalue weighted by Gasteiger charge is 2.19. The zero-order chi connectivity index (χ0) is 25.1. The van der Waals surface area contributed by atoms with Crippen molar-refractivity contribution < 1.29 is 12.6 Å². The van der Waals surface area contributed by atoms with Crippen molar-refractivity contribution in [1.29, 1.82) is 0 Å². The monoisotopic (exact) mass is 514 g/mol. The summed E-state index contributed by atoms with van der Waals surface area (Å²) in [7, 11) is -4.05. The maximum absolute atomic E-state index is 13.7. The predicted molar refractivity (Wildman–Crippen MR) is 142 cm³/mol. The molecular weight excluding hydrogens is 492 g/mol. The van der Waals surface area contributed by atoms with E-state index in [4.69, 9.17) is 9.17 Å². The third-order valence-electron chi connectivity index (χ3n) is 5.55. The van der Waals surface area contributed by atoms with E-state index in [9.17, 15) is 13.2 Å². The average molecular weight is 515 g/mol. The summed E-state index contributed by atoms with van der Waals surface area (Å²) in [4.78, 5) is 18.5. The molecule has 8 heteroatoms. The standard InChI is InChI=1S/C28H22N2O4S2/c1-20-12-15-24(16-13-20)36(32,33)34-23-14-17-26-25(18-23)27(31)30(22-10-6-3-7-11-22)28(29-26)35-19-21-8-4-2-5-9-21/h2-18H,19H2,1H3. The molecular formula is C28H22N2O4S2. The van der Waals surface area contributed by atoms with Crippen molar-refractivity contribution >= 4 is 32.8 Å². The third kappa shape index (κ3) is 5.05. The summed E-state index contributed by atoms with van der Waals surface area (Å²) < 4.78 is 32.5. The minimum Gasteiger partial charge on any atom is -0.379 e. The molecule has 0 radical (unpaired) electrons. The molecule has 5 rings (SSSR count). The van der Waals surface area contributed by atoms with Gasteiger partial charge in [-0.2, -0.15) is 8.42 Å². The number of benzene rings is 4. The molecule has 0 aliphatic carbocycles. The van der Waals surface area contributed by atoms with Crippen LogP contribution >= 0.6 is 11.8 Å². The zero-order valence-electron chi connectivity index (χ0n) is 19.4. The normalized spacial score (nSPS) is 11.5. The average Bonchev–Trinajstić information content (AvgIpc) is 2.89. The van der Waals surface area contributed by atoms with E-state index in [0.717, 1.165) is 11.1 Å². The number of fused-ring (bicyclic) bond motifs is 1. The van der Waals surface area contributed by atoms with Crippen molar-refractivity contribution in [3.8, 4) is 11.4 Å². The summed E-state index contributed by atoms with van der Waals surface area (Å²) in [6.07, 6.45) is 0. The molecule has 5 aromatic rings. The van der Waals surface area contributed by atoms with Gasteiger partial charge in [-0.05, 0) is 55.0 Å². The van der Waals surface area contributed by atoms with Crippen LogP contribution < -0.4 is 9.74 Å². The first kappa shape index (κ1) is 23.8. The fourth-order valence-corrected chi connectivity index (χ4v) is 5.59. The van der Waals surface area contributed by atoms with Crippen LogP contribution in [0, 0.1) is 6.92 Å². The lowest BCUT2D eigenvalue weighted by Crippen LogP contribution is -2.22. The minimum atomic E-state index is -4.05. The van der Waals surface area contributed by atoms with Crippen LogP contribution in [0.4, 0.5) is 0 Å². The summed E-state index contributed by atoms with van der Waals surface area (Å²) in [6.45, 7) is 1.87. The van der Waals surface area contributed by atoms with E-state index in [1.165, 1.54) is 36.0 Å². The molecule has 0 aliphatic heterocycles. The Morgan fingerprint density at radius 1 is 0.861 bits per heavy atom. The van der Waals surface area contributed by atoms with Crippen molar-refractivity contribution in [2.24, 2.45) is 0 Å². The lowest BCUT2D eigenvalue weighted by Gasteiger charge is -2.14. The van der Waals surface area contributed by atoms with Crippen LogP contribution in [0.1, 0.15) is 11.1 Å². The molecule has 0 unspecified atom stereocenters. The first-order valence-electron chi connectivity index (χ1n) is 11.2. The SMILES string of the molecule is Cc1ccc(S(=O)(=O)Oc2ccc3nc(SCc4ccccc4)n(-c4ccccc4)c(=O)c3c2)cc1. The van der Waals surface area contributed by atoms with Gasteiger partial charge in [-0.25, -0.2) is 4.98 Å². The first-order chi connectivity index (χ1) is 17.4. The largest absolute Gasteiger partial charge is 0.379 e. The maximum atomic E-state index is 13.7. The molecule has 0 fully saturated rings. The van der Waals surface area contributed by atoms with Crippen LogP contribution in [0.15, 0.2) is 118 Å². The second-order valence-electron chi connectivity index (χ2n) is 8.17. The van der Waals surface area contributed by atoms with Crippen LogP contribution in [0.2, 0.25) is 0 Å². The highest BCUT2D eigenvalue weighted by molar-refractivity contribution is 7.98. The molecule has 0 aliphatic rings. The Balaban J connectivity index is 1.56. The Morgan fingerprint density at radius 2 is 1.53 bits per heavy atom. The van der Waals surface area contributed by atoms with Gasteiger partial charge in [0, 0.05) is 5.75 Å². The summed E-state index contributed by atoms with van der Waals surface area (Å²) in [5.41, 5.74) is 2.88.